The topological polar surface area (TPSA) is 271 Å². The number of ether oxygens (including phenoxy) is 4. The van der Waals surface area contributed by atoms with Gasteiger partial charge in [-0.1, -0.05) is 24.3 Å². The molecule has 1 saturated heterocycles. The first kappa shape index (κ1) is 42.3. The number of ketones is 2. The Hall–Kier alpha value is -6.41. The van der Waals surface area contributed by atoms with E-state index in [0.717, 1.165) is 5.56 Å². The molecule has 0 saturated carbocycles. The number of amides is 1. The van der Waals surface area contributed by atoms with Gasteiger partial charge in [-0.15, -0.1) is 0 Å². The number of aromatic nitrogens is 1. The molecule has 8 rings (SSSR count). The number of hydrogen-bond donors (Lipinski definition) is 7. The Bertz CT molecular complexity index is 2680. The van der Waals surface area contributed by atoms with Gasteiger partial charge in [0.15, 0.2) is 35.8 Å². The van der Waals surface area contributed by atoms with Crippen LogP contribution in [0.3, 0.4) is 0 Å². The summed E-state index contributed by atoms with van der Waals surface area (Å²) in [6.45, 7) is 2.92. The maximum Gasteiger partial charge on any atom is 0.420 e. The van der Waals surface area contributed by atoms with Crippen LogP contribution in [0.2, 0.25) is 0 Å². The van der Waals surface area contributed by atoms with E-state index in [-0.39, 0.29) is 70.0 Å². The van der Waals surface area contributed by atoms with Crippen molar-refractivity contribution in [2.45, 2.75) is 81.9 Å². The van der Waals surface area contributed by atoms with Gasteiger partial charge in [0.05, 0.1) is 54.2 Å². The molecule has 324 valence electrons. The first-order valence-corrected chi connectivity index (χ1v) is 19.8. The number of oxazole rings is 1. The first-order valence-electron chi connectivity index (χ1n) is 19.8. The number of aliphatic hydroxyl groups excluding tert-OH is 1. The summed E-state index contributed by atoms with van der Waals surface area (Å²) in [5.74, 6) is -3.42. The number of carbonyl (C=O) groups is 4. The molecule has 2 aliphatic carbocycles. The molecule has 4 aromatic carbocycles. The van der Waals surface area contributed by atoms with Gasteiger partial charge in [-0.2, -0.15) is 0 Å². The van der Waals surface area contributed by atoms with Crippen molar-refractivity contribution in [2.24, 2.45) is 5.73 Å². The molecule has 7 atom stereocenters. The van der Waals surface area contributed by atoms with E-state index in [4.69, 9.17) is 29.1 Å². The van der Waals surface area contributed by atoms with E-state index in [1.165, 1.54) is 42.0 Å². The molecule has 8 N–H and O–H groups in total. The highest BCUT2D eigenvalue weighted by molar-refractivity contribution is 6.30. The Labute approximate surface area is 352 Å². The average Bonchev–Trinajstić information content (AvgIpc) is 3.53. The van der Waals surface area contributed by atoms with Gasteiger partial charge in [0.25, 0.3) is 5.91 Å². The normalized spacial score (nSPS) is 23.5. The van der Waals surface area contributed by atoms with Crippen LogP contribution < -0.4 is 31.8 Å². The summed E-state index contributed by atoms with van der Waals surface area (Å²) in [4.78, 5) is 66.1. The number of hydrazine groups is 1. The second kappa shape index (κ2) is 16.5. The lowest BCUT2D eigenvalue weighted by molar-refractivity contribution is -0.248. The van der Waals surface area contributed by atoms with Crippen LogP contribution in [0.1, 0.15) is 80.0 Å². The predicted molar refractivity (Wildman–Crippen MR) is 217 cm³/mol. The molecule has 0 bridgehead atoms. The van der Waals surface area contributed by atoms with Crippen molar-refractivity contribution in [1.82, 2.24) is 15.4 Å². The van der Waals surface area contributed by atoms with Gasteiger partial charge in [-0.3, -0.25) is 24.4 Å². The van der Waals surface area contributed by atoms with Crippen molar-refractivity contribution in [3.8, 4) is 23.0 Å². The van der Waals surface area contributed by atoms with Crippen LogP contribution in [-0.2, 0) is 32.0 Å². The first-order chi connectivity index (χ1) is 29.6. The SMILES string of the molecule is COc1cccc2c1C(=O)c1c(cc3c(c1O)[C@H](O[C@@H]1C[C@@H](N)[C@@H](O)[C@@H](C)O1)C[C@@](O)(C(C=O)NNC(=O)COc1ccc(Cn4c(=O)oc5ccc(C)cc54)cc1O)C3)C2=O. The highest BCUT2D eigenvalue weighted by Gasteiger charge is 2.49. The second-order valence-electron chi connectivity index (χ2n) is 15.9. The van der Waals surface area contributed by atoms with Gasteiger partial charge in [0.1, 0.15) is 23.8 Å². The number of nitrogens with zero attached hydrogens (tertiary/aromatic N) is 1. The van der Waals surface area contributed by atoms with Crippen molar-refractivity contribution >= 4 is 34.9 Å². The quantitative estimate of drug-likeness (QED) is 0.0685. The Morgan fingerprint density at radius 1 is 1.05 bits per heavy atom. The molecule has 1 aromatic heterocycles. The number of aldehydes is 1. The molecule has 0 spiro atoms. The lowest BCUT2D eigenvalue weighted by Gasteiger charge is -2.44. The lowest BCUT2D eigenvalue weighted by Crippen LogP contribution is -2.60. The predicted octanol–water partition coefficient (Wildman–Crippen LogP) is 1.97. The van der Waals surface area contributed by atoms with Crippen LogP contribution in [0, 0.1) is 6.92 Å². The summed E-state index contributed by atoms with van der Waals surface area (Å²) < 4.78 is 29.8. The number of benzene rings is 4. The van der Waals surface area contributed by atoms with E-state index < -0.39 is 84.3 Å². The summed E-state index contributed by atoms with van der Waals surface area (Å²) in [6.07, 6.45) is -4.50. The number of phenols is 2. The fourth-order valence-corrected chi connectivity index (χ4v) is 8.50. The van der Waals surface area contributed by atoms with Crippen LogP contribution in [0.25, 0.3) is 11.1 Å². The minimum absolute atomic E-state index is 0.00842. The van der Waals surface area contributed by atoms with Gasteiger partial charge in [-0.25, -0.2) is 10.2 Å². The van der Waals surface area contributed by atoms with E-state index in [0.29, 0.717) is 22.9 Å². The Balaban J connectivity index is 1.00. The molecule has 5 aromatic rings. The van der Waals surface area contributed by atoms with Crippen LogP contribution in [-0.4, -0.2) is 98.7 Å². The molecular formula is C44H44N4O14. The van der Waals surface area contributed by atoms with Crippen LogP contribution in [0.4, 0.5) is 0 Å². The third-order valence-corrected chi connectivity index (χ3v) is 11.7. The number of hydrogen-bond acceptors (Lipinski definition) is 16. The number of carbonyl (C=O) groups excluding carboxylic acids is 4. The van der Waals surface area contributed by atoms with E-state index in [1.54, 1.807) is 25.1 Å². The van der Waals surface area contributed by atoms with Crippen molar-refractivity contribution in [3.05, 3.63) is 116 Å². The standard InChI is InChI=1S/C44H44N4O14/c1-20-7-9-29-27(11-20)48(43(56)62-29)17-22-8-10-30(28(50)12-22)59-19-34(51)47-46-33(18-49)44(57)15-23-13-25-38(42(55)37-24(40(25)53)5-4-6-31(37)58-3)41(54)36(23)32(16-44)61-35-14-26(45)39(52)21(2)60-35/h4-13,18,21,26,32-33,35,39,46,50,52,54,57H,14-17,19,45H2,1-3H3,(H,47,51)/t21-,26-,32-,33?,35-,39+,44-/m1/s1. The fraction of sp³-hybridized carbons (Fsp3) is 0.341. The highest BCUT2D eigenvalue weighted by Crippen LogP contribution is 2.49. The number of rotatable bonds is 12. The van der Waals surface area contributed by atoms with Crippen LogP contribution in [0.5, 0.6) is 23.0 Å². The number of fused-ring (bicyclic) bond motifs is 4. The molecule has 1 fully saturated rings. The monoisotopic (exact) mass is 852 g/mol. The lowest BCUT2D eigenvalue weighted by atomic mass is 9.71. The zero-order valence-corrected chi connectivity index (χ0v) is 33.7. The number of aliphatic hydroxyl groups is 2. The molecule has 18 nitrogen and oxygen atoms in total. The third-order valence-electron chi connectivity index (χ3n) is 11.7. The summed E-state index contributed by atoms with van der Waals surface area (Å²) >= 11 is 0. The zero-order chi connectivity index (χ0) is 44.2. The van der Waals surface area contributed by atoms with Crippen molar-refractivity contribution in [2.75, 3.05) is 13.7 Å². The summed E-state index contributed by atoms with van der Waals surface area (Å²) in [5.41, 5.74) is 11.3. The fourth-order valence-electron chi connectivity index (χ4n) is 8.50. The second-order valence-corrected chi connectivity index (χ2v) is 15.9. The number of phenolic OH excluding ortho intramolecular Hbond substituents is 2. The molecule has 62 heavy (non-hydrogen) atoms. The Kier molecular flexibility index (Phi) is 11.2. The smallest absolute Gasteiger partial charge is 0.420 e. The van der Waals surface area contributed by atoms with Gasteiger partial charge in [0.2, 0.25) is 5.78 Å². The maximum atomic E-state index is 14.0. The molecule has 1 amide bonds. The molecule has 18 heteroatoms. The largest absolute Gasteiger partial charge is 0.507 e. The van der Waals surface area contributed by atoms with Crippen LogP contribution in [0.15, 0.2) is 69.9 Å². The Morgan fingerprint density at radius 2 is 1.84 bits per heavy atom. The van der Waals surface area contributed by atoms with Crippen molar-refractivity contribution in [3.63, 3.8) is 0 Å². The molecule has 2 heterocycles. The minimum atomic E-state index is -2.06. The maximum absolute atomic E-state index is 14.0. The number of aromatic hydroxyl groups is 2. The summed E-state index contributed by atoms with van der Waals surface area (Å²) in [5, 5.41) is 45.3. The summed E-state index contributed by atoms with van der Waals surface area (Å²) in [7, 11) is 1.35. The van der Waals surface area contributed by atoms with Crippen LogP contribution >= 0.6 is 0 Å². The minimum Gasteiger partial charge on any atom is -0.507 e. The van der Waals surface area contributed by atoms with Crippen molar-refractivity contribution < 1.29 is 63.0 Å². The zero-order valence-electron chi connectivity index (χ0n) is 33.7. The van der Waals surface area contributed by atoms with E-state index in [1.807, 2.05) is 19.1 Å². The number of aryl methyl sites for hydroxylation is 1. The van der Waals surface area contributed by atoms with E-state index >= 15 is 0 Å². The van der Waals surface area contributed by atoms with E-state index in [9.17, 15) is 44.4 Å². The third kappa shape index (κ3) is 7.61. The van der Waals surface area contributed by atoms with Gasteiger partial charge >= 0.3 is 5.76 Å². The average molecular weight is 853 g/mol. The Morgan fingerprint density at radius 3 is 2.56 bits per heavy atom. The molecular weight excluding hydrogens is 808 g/mol. The highest BCUT2D eigenvalue weighted by atomic mass is 16.7. The summed E-state index contributed by atoms with van der Waals surface area (Å²) in [6, 6.07) is 13.4. The molecule has 0 radical (unpaired) electrons. The van der Waals surface area contributed by atoms with Gasteiger partial charge in [0, 0.05) is 42.0 Å². The molecule has 1 unspecified atom stereocenters. The van der Waals surface area contributed by atoms with Gasteiger partial charge < -0.3 is 54.3 Å². The molecule has 1 aliphatic heterocycles. The van der Waals surface area contributed by atoms with E-state index in [2.05, 4.69) is 10.9 Å². The van der Waals surface area contributed by atoms with Gasteiger partial charge in [-0.05, 0) is 66.9 Å². The number of methoxy groups -OCH3 is 1. The number of nitrogens with two attached hydrogens (primary N) is 1. The number of nitrogens with one attached hydrogen (secondary N) is 2. The molecule has 3 aliphatic rings. The van der Waals surface area contributed by atoms with Crippen molar-refractivity contribution in [1.29, 1.82) is 0 Å².